The normalized spacial score (nSPS) is 13.1. The van der Waals surface area contributed by atoms with E-state index in [1.54, 1.807) is 6.33 Å². The molecule has 0 saturated carbocycles. The molecule has 0 aromatic carbocycles. The van der Waals surface area contributed by atoms with Crippen molar-refractivity contribution in [3.8, 4) is 0 Å². The summed E-state index contributed by atoms with van der Waals surface area (Å²) < 4.78 is 13.3. The molecule has 6 nitrogen and oxygen atoms in total. The molecule has 0 aliphatic carbocycles. The topological polar surface area (TPSA) is 61.2 Å². The van der Waals surface area contributed by atoms with Crippen LogP contribution in [0.1, 0.15) is 33.5 Å². The van der Waals surface area contributed by atoms with E-state index in [1.165, 1.54) is 0 Å². The van der Waals surface area contributed by atoms with Crippen molar-refractivity contribution >= 4 is 0 Å². The van der Waals surface area contributed by atoms with Gasteiger partial charge in [0.25, 0.3) is 0 Å². The molecule has 1 heterocycles. The first-order valence-electron chi connectivity index (χ1n) is 7.09. The lowest BCUT2D eigenvalue weighted by atomic mass is 10.2. The average Bonchev–Trinajstić information content (AvgIpc) is 2.85. The van der Waals surface area contributed by atoms with E-state index >= 15 is 0 Å². The van der Waals surface area contributed by atoms with Crippen molar-refractivity contribution in [2.45, 2.75) is 53.0 Å². The van der Waals surface area contributed by atoms with E-state index in [-0.39, 0.29) is 12.3 Å². The zero-order valence-electron chi connectivity index (χ0n) is 12.4. The van der Waals surface area contributed by atoms with E-state index in [0.29, 0.717) is 13.2 Å². The van der Waals surface area contributed by atoms with Gasteiger partial charge in [-0.25, -0.2) is 4.98 Å². The molecule has 1 N–H and O–H groups in total. The monoisotopic (exact) mass is 270 g/mol. The van der Waals surface area contributed by atoms with Crippen molar-refractivity contribution < 1.29 is 9.47 Å². The molecule has 0 radical (unpaired) electrons. The molecule has 0 spiro atoms. The van der Waals surface area contributed by atoms with E-state index in [0.717, 1.165) is 25.3 Å². The van der Waals surface area contributed by atoms with Crippen molar-refractivity contribution in [2.24, 2.45) is 0 Å². The summed E-state index contributed by atoms with van der Waals surface area (Å²) in [6, 6.07) is 0.0828. The van der Waals surface area contributed by atoms with Gasteiger partial charge in [-0.05, 0) is 27.3 Å². The van der Waals surface area contributed by atoms with Crippen LogP contribution < -0.4 is 5.32 Å². The Kier molecular flexibility index (Phi) is 7.62. The maximum Gasteiger partial charge on any atom is 0.173 e. The van der Waals surface area contributed by atoms with Gasteiger partial charge in [-0.1, -0.05) is 6.92 Å². The lowest BCUT2D eigenvalue weighted by molar-refractivity contribution is -0.153. The van der Waals surface area contributed by atoms with E-state index in [4.69, 9.17) is 9.47 Å². The molecule has 6 heteroatoms. The fraction of sp³-hybridized carbons (Fsp3) is 0.846. The van der Waals surface area contributed by atoms with Crippen LogP contribution in [0.2, 0.25) is 0 Å². The summed E-state index contributed by atoms with van der Waals surface area (Å²) in [7, 11) is 0. The van der Waals surface area contributed by atoms with Crippen molar-refractivity contribution in [2.75, 3.05) is 19.8 Å². The minimum absolute atomic E-state index is 0.0828. The Morgan fingerprint density at radius 2 is 1.89 bits per heavy atom. The second-order valence-electron chi connectivity index (χ2n) is 4.14. The van der Waals surface area contributed by atoms with Crippen molar-refractivity contribution in [3.63, 3.8) is 0 Å². The van der Waals surface area contributed by atoms with Gasteiger partial charge < -0.3 is 14.8 Å². The second-order valence-corrected chi connectivity index (χ2v) is 4.14. The maximum atomic E-state index is 5.68. The molecule has 1 rings (SSSR count). The molecular formula is C13H26N4O2. The highest BCUT2D eigenvalue weighted by Gasteiger charge is 2.23. The number of nitrogens with zero attached hydrogens (tertiary/aromatic N) is 3. The van der Waals surface area contributed by atoms with Gasteiger partial charge in [0.1, 0.15) is 12.2 Å². The summed E-state index contributed by atoms with van der Waals surface area (Å²) in [5, 5.41) is 7.61. The summed E-state index contributed by atoms with van der Waals surface area (Å²) in [6.45, 7) is 11.0. The van der Waals surface area contributed by atoms with Crippen LogP contribution in [0.15, 0.2) is 6.33 Å². The smallest absolute Gasteiger partial charge is 0.173 e. The lowest BCUT2D eigenvalue weighted by Gasteiger charge is -2.27. The fourth-order valence-electron chi connectivity index (χ4n) is 2.04. The molecule has 0 saturated heterocycles. The van der Waals surface area contributed by atoms with Crippen LogP contribution in [-0.4, -0.2) is 46.9 Å². The maximum absolute atomic E-state index is 5.68. The molecule has 19 heavy (non-hydrogen) atoms. The van der Waals surface area contributed by atoms with Gasteiger partial charge >= 0.3 is 0 Å². The Morgan fingerprint density at radius 1 is 1.21 bits per heavy atom. The predicted octanol–water partition coefficient (Wildman–Crippen LogP) is 1.22. The Labute approximate surface area is 115 Å². The van der Waals surface area contributed by atoms with Crippen molar-refractivity contribution in [1.82, 2.24) is 20.1 Å². The van der Waals surface area contributed by atoms with Crippen LogP contribution in [0, 0.1) is 0 Å². The van der Waals surface area contributed by atoms with Gasteiger partial charge in [0, 0.05) is 26.2 Å². The molecule has 0 aliphatic rings. The quantitative estimate of drug-likeness (QED) is 0.648. The summed E-state index contributed by atoms with van der Waals surface area (Å²) in [5.41, 5.74) is 0. The third-order valence-electron chi connectivity index (χ3n) is 2.85. The molecule has 110 valence electrons. The van der Waals surface area contributed by atoms with Gasteiger partial charge in [0.2, 0.25) is 0 Å². The van der Waals surface area contributed by atoms with Gasteiger partial charge in [0.05, 0.1) is 6.04 Å². The molecular weight excluding hydrogens is 244 g/mol. The number of rotatable bonds is 10. The van der Waals surface area contributed by atoms with Crippen LogP contribution in [0.25, 0.3) is 0 Å². The first-order valence-corrected chi connectivity index (χ1v) is 7.09. The molecule has 0 bridgehead atoms. The second kappa shape index (κ2) is 9.01. The van der Waals surface area contributed by atoms with Gasteiger partial charge in [-0.15, -0.1) is 0 Å². The summed E-state index contributed by atoms with van der Waals surface area (Å²) >= 11 is 0. The van der Waals surface area contributed by atoms with Crippen molar-refractivity contribution in [1.29, 1.82) is 0 Å². The first-order chi connectivity index (χ1) is 9.26. The van der Waals surface area contributed by atoms with Crippen LogP contribution in [-0.2, 0) is 22.4 Å². The highest BCUT2D eigenvalue weighted by Crippen LogP contribution is 2.08. The molecule has 1 aromatic heterocycles. The lowest BCUT2D eigenvalue weighted by Crippen LogP contribution is -2.45. The summed E-state index contributed by atoms with van der Waals surface area (Å²) in [4.78, 5) is 4.31. The van der Waals surface area contributed by atoms with E-state index < -0.39 is 0 Å². The summed E-state index contributed by atoms with van der Waals surface area (Å²) in [6.07, 6.45) is 2.09. The Bertz CT molecular complexity index is 337. The van der Waals surface area contributed by atoms with Gasteiger partial charge in [-0.3, -0.25) is 4.68 Å². The number of aromatic nitrogens is 3. The number of aryl methyl sites for hydroxylation is 1. The largest absolute Gasteiger partial charge is 0.351 e. The minimum Gasteiger partial charge on any atom is -0.351 e. The van der Waals surface area contributed by atoms with Crippen LogP contribution in [0.5, 0.6) is 0 Å². The van der Waals surface area contributed by atoms with E-state index in [1.807, 2.05) is 18.5 Å². The molecule has 0 aliphatic heterocycles. The van der Waals surface area contributed by atoms with Crippen LogP contribution in [0.4, 0.5) is 0 Å². The number of nitrogens with one attached hydrogen (secondary N) is 1. The Hall–Kier alpha value is -0.980. The number of hydrogen-bond donors (Lipinski definition) is 1. The Balaban J connectivity index is 2.74. The van der Waals surface area contributed by atoms with E-state index in [2.05, 4.69) is 29.2 Å². The number of hydrogen-bond acceptors (Lipinski definition) is 5. The zero-order valence-corrected chi connectivity index (χ0v) is 12.4. The third-order valence-corrected chi connectivity index (χ3v) is 2.85. The molecule has 0 amide bonds. The highest BCUT2D eigenvalue weighted by molar-refractivity contribution is 4.91. The average molecular weight is 270 g/mol. The highest BCUT2D eigenvalue weighted by atomic mass is 16.7. The zero-order chi connectivity index (χ0) is 14.1. The van der Waals surface area contributed by atoms with Crippen molar-refractivity contribution in [3.05, 3.63) is 12.2 Å². The Morgan fingerprint density at radius 3 is 2.42 bits per heavy atom. The number of likely N-dealkylation sites (N-methyl/N-ethyl adjacent to an activating group) is 1. The number of ether oxygens (including phenoxy) is 2. The van der Waals surface area contributed by atoms with E-state index in [9.17, 15) is 0 Å². The molecule has 1 aromatic rings. The van der Waals surface area contributed by atoms with Crippen LogP contribution >= 0.6 is 0 Å². The summed E-state index contributed by atoms with van der Waals surface area (Å²) in [5.74, 6) is 0.956. The first kappa shape index (κ1) is 16.1. The minimum atomic E-state index is -0.253. The van der Waals surface area contributed by atoms with Gasteiger partial charge in [0.15, 0.2) is 6.29 Å². The standard InChI is InChI=1S/C13H26N4O2/c1-5-14-11(13(18-7-3)19-8-4)9-12-15-10-16-17(12)6-2/h10-11,13-14H,5-9H2,1-4H3. The van der Waals surface area contributed by atoms with Gasteiger partial charge in [-0.2, -0.15) is 5.10 Å². The third kappa shape index (κ3) is 4.89. The molecule has 1 unspecified atom stereocenters. The molecule has 1 atom stereocenters. The molecule has 0 fully saturated rings. The fourth-order valence-corrected chi connectivity index (χ4v) is 2.04. The van der Waals surface area contributed by atoms with Crippen LogP contribution in [0.3, 0.4) is 0 Å². The predicted molar refractivity (Wildman–Crippen MR) is 73.9 cm³/mol. The SMILES string of the molecule is CCNC(Cc1ncnn1CC)C(OCC)OCC.